The predicted molar refractivity (Wildman–Crippen MR) is 105 cm³/mol. The summed E-state index contributed by atoms with van der Waals surface area (Å²) >= 11 is 0. The molecular weight excluding hydrogens is 376 g/mol. The van der Waals surface area contributed by atoms with Crippen molar-refractivity contribution in [1.82, 2.24) is 0 Å². The summed E-state index contributed by atoms with van der Waals surface area (Å²) in [6, 6.07) is 15.7. The normalized spacial score (nSPS) is 10.9. The highest BCUT2D eigenvalue weighted by molar-refractivity contribution is 6.03. The first-order chi connectivity index (χ1) is 13.9. The number of carboxylic acid groups (broad SMARTS) is 1. The highest BCUT2D eigenvalue weighted by Gasteiger charge is 2.28. The van der Waals surface area contributed by atoms with Crippen LogP contribution < -0.4 is 5.43 Å². The van der Waals surface area contributed by atoms with E-state index in [1.165, 1.54) is 6.07 Å². The average Bonchev–Trinajstić information content (AvgIpc) is 2.73. The molecule has 7 nitrogen and oxygen atoms in total. The van der Waals surface area contributed by atoms with Gasteiger partial charge in [0.05, 0.1) is 16.5 Å². The fraction of sp³-hybridized carbons (Fsp3) is 0. The molecule has 0 radical (unpaired) electrons. The summed E-state index contributed by atoms with van der Waals surface area (Å²) in [5.74, 6) is -4.16. The maximum absolute atomic E-state index is 13.3. The Morgan fingerprint density at radius 2 is 1.48 bits per heavy atom. The monoisotopic (exact) mass is 390 g/mol. The summed E-state index contributed by atoms with van der Waals surface area (Å²) in [6.07, 6.45) is 0. The molecule has 4 rings (SSSR count). The van der Waals surface area contributed by atoms with Crippen LogP contribution in [0.5, 0.6) is 17.2 Å². The van der Waals surface area contributed by atoms with E-state index in [1.54, 1.807) is 48.5 Å². The number of carbonyl (C=O) groups is 1. The second-order valence-corrected chi connectivity index (χ2v) is 6.32. The van der Waals surface area contributed by atoms with E-state index in [-0.39, 0.29) is 22.3 Å². The number of hydrogen-bond acceptors (Lipinski definition) is 6. The summed E-state index contributed by atoms with van der Waals surface area (Å²) in [7, 11) is 0. The summed E-state index contributed by atoms with van der Waals surface area (Å²) < 4.78 is 5.93. The minimum absolute atomic E-state index is 0.0252. The maximum atomic E-state index is 13.3. The highest BCUT2D eigenvalue weighted by atomic mass is 16.4. The number of fused-ring (bicyclic) bond motifs is 1. The molecule has 29 heavy (non-hydrogen) atoms. The number of benzene rings is 3. The zero-order valence-corrected chi connectivity index (χ0v) is 14.8. The molecule has 3 aromatic carbocycles. The number of hydrogen-bond donors (Lipinski definition) is 4. The molecule has 4 aromatic rings. The van der Waals surface area contributed by atoms with Crippen molar-refractivity contribution >= 4 is 16.9 Å². The molecule has 4 N–H and O–H groups in total. The first-order valence-electron chi connectivity index (χ1n) is 8.53. The smallest absolute Gasteiger partial charge is 0.336 e. The van der Waals surface area contributed by atoms with Crippen LogP contribution in [-0.4, -0.2) is 26.4 Å². The lowest BCUT2D eigenvalue weighted by Crippen LogP contribution is -2.11. The van der Waals surface area contributed by atoms with Crippen LogP contribution in [0.2, 0.25) is 0 Å². The van der Waals surface area contributed by atoms with Crippen LogP contribution >= 0.6 is 0 Å². The predicted octanol–water partition coefficient (Wildman–Crippen LogP) is 3.94. The van der Waals surface area contributed by atoms with Gasteiger partial charge in [-0.25, -0.2) is 4.79 Å². The topological polar surface area (TPSA) is 128 Å². The van der Waals surface area contributed by atoms with Crippen molar-refractivity contribution in [1.29, 1.82) is 0 Å². The van der Waals surface area contributed by atoms with E-state index in [1.807, 2.05) is 0 Å². The van der Waals surface area contributed by atoms with Gasteiger partial charge >= 0.3 is 5.97 Å². The van der Waals surface area contributed by atoms with Gasteiger partial charge in [-0.1, -0.05) is 42.5 Å². The van der Waals surface area contributed by atoms with Gasteiger partial charge in [0, 0.05) is 11.1 Å². The summed E-state index contributed by atoms with van der Waals surface area (Å²) in [5, 5.41) is 40.0. The van der Waals surface area contributed by atoms with E-state index in [2.05, 4.69) is 0 Å². The highest BCUT2D eigenvalue weighted by Crippen LogP contribution is 2.46. The molecule has 0 spiro atoms. The molecule has 0 atom stereocenters. The molecule has 1 aromatic heterocycles. The van der Waals surface area contributed by atoms with E-state index in [0.717, 1.165) is 6.07 Å². The first kappa shape index (κ1) is 18.1. The Labute approximate surface area is 163 Å². The Morgan fingerprint density at radius 1 is 0.828 bits per heavy atom. The number of aromatic hydroxyl groups is 3. The molecule has 0 aliphatic rings. The zero-order valence-electron chi connectivity index (χ0n) is 14.8. The largest absolute Gasteiger partial charge is 0.504 e. The SMILES string of the molecule is O=C(O)c1cc(O)c(O)c(O)c1-c1c(-c2ccccc2)oc2ccccc2c1=O. The maximum Gasteiger partial charge on any atom is 0.336 e. The van der Waals surface area contributed by atoms with Gasteiger partial charge in [0.2, 0.25) is 11.2 Å². The fourth-order valence-electron chi connectivity index (χ4n) is 3.23. The zero-order chi connectivity index (χ0) is 20.7. The Balaban J connectivity index is 2.24. The molecular formula is C22H14O7. The standard InChI is InChI=1S/C22H14O7/c23-14-10-13(22(27)28)16(20(26)19(14)25)17-18(24)12-8-4-5-9-15(12)29-21(17)11-6-2-1-3-7-11/h1-10,23,25-26H,(H,27,28). The Morgan fingerprint density at radius 3 is 2.17 bits per heavy atom. The van der Waals surface area contributed by atoms with Gasteiger partial charge in [0.1, 0.15) is 11.3 Å². The second kappa shape index (κ2) is 6.72. The van der Waals surface area contributed by atoms with E-state index in [0.29, 0.717) is 5.56 Å². The van der Waals surface area contributed by atoms with Gasteiger partial charge in [-0.05, 0) is 18.2 Å². The van der Waals surface area contributed by atoms with E-state index < -0.39 is 39.8 Å². The quantitative estimate of drug-likeness (QED) is 0.390. The average molecular weight is 390 g/mol. The molecule has 0 bridgehead atoms. The van der Waals surface area contributed by atoms with Gasteiger partial charge in [0.15, 0.2) is 11.5 Å². The third-order valence-electron chi connectivity index (χ3n) is 4.57. The van der Waals surface area contributed by atoms with Gasteiger partial charge < -0.3 is 24.8 Å². The van der Waals surface area contributed by atoms with Crippen LogP contribution in [0.25, 0.3) is 33.4 Å². The lowest BCUT2D eigenvalue weighted by atomic mass is 9.93. The Bertz CT molecular complexity index is 1320. The first-order valence-corrected chi connectivity index (χ1v) is 8.53. The number of phenolic OH excluding ortho intramolecular Hbond substituents is 3. The van der Waals surface area contributed by atoms with Crippen LogP contribution in [-0.2, 0) is 0 Å². The van der Waals surface area contributed by atoms with Crippen molar-refractivity contribution in [3.05, 3.63) is 76.5 Å². The number of phenols is 3. The Kier molecular flexibility index (Phi) is 4.20. The minimum Gasteiger partial charge on any atom is -0.504 e. The molecule has 144 valence electrons. The van der Waals surface area contributed by atoms with E-state index in [4.69, 9.17) is 4.42 Å². The second-order valence-electron chi connectivity index (χ2n) is 6.32. The van der Waals surface area contributed by atoms with Crippen molar-refractivity contribution in [3.8, 4) is 39.7 Å². The van der Waals surface area contributed by atoms with Gasteiger partial charge in [-0.3, -0.25) is 4.79 Å². The molecule has 1 heterocycles. The molecule has 0 unspecified atom stereocenters. The van der Waals surface area contributed by atoms with E-state index >= 15 is 0 Å². The van der Waals surface area contributed by atoms with Crippen LogP contribution in [0, 0.1) is 0 Å². The molecule has 7 heteroatoms. The van der Waals surface area contributed by atoms with Crippen molar-refractivity contribution < 1.29 is 29.6 Å². The van der Waals surface area contributed by atoms with Crippen molar-refractivity contribution in [2.45, 2.75) is 0 Å². The lowest BCUT2D eigenvalue weighted by Gasteiger charge is -2.15. The number of rotatable bonds is 3. The summed E-state index contributed by atoms with van der Waals surface area (Å²) in [6.45, 7) is 0. The van der Waals surface area contributed by atoms with E-state index in [9.17, 15) is 30.0 Å². The van der Waals surface area contributed by atoms with Crippen molar-refractivity contribution in [2.75, 3.05) is 0 Å². The number of para-hydroxylation sites is 1. The molecule has 0 fully saturated rings. The van der Waals surface area contributed by atoms with Gasteiger partial charge in [-0.15, -0.1) is 0 Å². The minimum atomic E-state index is -1.50. The molecule has 0 saturated heterocycles. The summed E-state index contributed by atoms with van der Waals surface area (Å²) in [5.41, 5.74) is -1.08. The Hall–Kier alpha value is -4.26. The molecule has 0 aliphatic heterocycles. The molecule has 0 amide bonds. The van der Waals surface area contributed by atoms with Crippen molar-refractivity contribution in [3.63, 3.8) is 0 Å². The number of carboxylic acids is 1. The third kappa shape index (κ3) is 2.85. The van der Waals surface area contributed by atoms with Gasteiger partial charge in [-0.2, -0.15) is 0 Å². The third-order valence-corrected chi connectivity index (χ3v) is 4.57. The molecule has 0 saturated carbocycles. The fourth-order valence-corrected chi connectivity index (χ4v) is 3.23. The number of aromatic carboxylic acids is 1. The van der Waals surface area contributed by atoms with Crippen LogP contribution in [0.1, 0.15) is 10.4 Å². The van der Waals surface area contributed by atoms with Crippen molar-refractivity contribution in [2.24, 2.45) is 0 Å². The van der Waals surface area contributed by atoms with Crippen LogP contribution in [0.4, 0.5) is 0 Å². The molecule has 0 aliphatic carbocycles. The summed E-state index contributed by atoms with van der Waals surface area (Å²) in [4.78, 5) is 25.1. The van der Waals surface area contributed by atoms with Crippen LogP contribution in [0.15, 0.2) is 69.9 Å². The van der Waals surface area contributed by atoms with Crippen LogP contribution in [0.3, 0.4) is 0 Å². The van der Waals surface area contributed by atoms with Gasteiger partial charge in [0.25, 0.3) is 0 Å². The lowest BCUT2D eigenvalue weighted by molar-refractivity contribution is 0.0696.